The van der Waals surface area contributed by atoms with E-state index in [1.807, 2.05) is 34.9 Å². The third-order valence-corrected chi connectivity index (χ3v) is 3.01. The molecule has 4 atom stereocenters. The van der Waals surface area contributed by atoms with Gasteiger partial charge in [0, 0.05) is 17.2 Å². The lowest BCUT2D eigenvalue weighted by molar-refractivity contribution is -0.0838. The Labute approximate surface area is 118 Å². The van der Waals surface area contributed by atoms with Crippen LogP contribution < -0.4 is 0 Å². The SMILES string of the molecule is C[B]C(OC[C@H](C)S)[C@H](CC)[C@@H](CO)OC(C)C. The first-order chi connectivity index (χ1) is 8.46. The molecule has 0 aliphatic carbocycles. The summed E-state index contributed by atoms with van der Waals surface area (Å²) in [6, 6.07) is 0.000463. The van der Waals surface area contributed by atoms with Crippen molar-refractivity contribution in [1.29, 1.82) is 0 Å². The highest BCUT2D eigenvalue weighted by molar-refractivity contribution is 7.80. The molecule has 0 bridgehead atoms. The average Bonchev–Trinajstić information content (AvgIpc) is 2.31. The molecule has 0 aromatic carbocycles. The van der Waals surface area contributed by atoms with Crippen LogP contribution in [0, 0.1) is 5.92 Å². The Hall–Kier alpha value is 0.295. The Kier molecular flexibility index (Phi) is 10.3. The van der Waals surface area contributed by atoms with Crippen molar-refractivity contribution in [2.24, 2.45) is 5.92 Å². The van der Waals surface area contributed by atoms with E-state index in [4.69, 9.17) is 9.47 Å². The number of aliphatic hydroxyl groups excluding tert-OH is 1. The van der Waals surface area contributed by atoms with Gasteiger partial charge in [-0.05, 0) is 20.3 Å². The molecular weight excluding hydrogens is 247 g/mol. The van der Waals surface area contributed by atoms with Crippen LogP contribution in [0.25, 0.3) is 0 Å². The standard InChI is InChI=1S/C13H28BO3S/c1-6-11(12(7-15)17-9(2)3)13(14-5)16-8-10(4)18/h9-13,15,18H,6-8H2,1-5H3/t10-,11+,12+,13?/m0/s1. The fraction of sp³-hybridized carbons (Fsp3) is 1.00. The minimum atomic E-state index is -0.175. The van der Waals surface area contributed by atoms with Gasteiger partial charge in [0.15, 0.2) is 0 Å². The van der Waals surface area contributed by atoms with Gasteiger partial charge in [0.2, 0.25) is 0 Å². The second-order valence-electron chi connectivity index (χ2n) is 4.96. The summed E-state index contributed by atoms with van der Waals surface area (Å²) in [4.78, 5) is 0. The average molecular weight is 275 g/mol. The molecule has 0 rings (SSSR count). The highest BCUT2D eigenvalue weighted by Gasteiger charge is 2.29. The summed E-state index contributed by atoms with van der Waals surface area (Å²) in [6.07, 6.45) is 0.845. The summed E-state index contributed by atoms with van der Waals surface area (Å²) in [5.41, 5.74) is 0. The Bertz CT molecular complexity index is 203. The minimum Gasteiger partial charge on any atom is -0.394 e. The van der Waals surface area contributed by atoms with Crippen LogP contribution >= 0.6 is 12.6 Å². The van der Waals surface area contributed by atoms with E-state index in [0.29, 0.717) is 6.61 Å². The van der Waals surface area contributed by atoms with Crippen LogP contribution in [0.1, 0.15) is 34.1 Å². The molecule has 0 aliphatic heterocycles. The van der Waals surface area contributed by atoms with Gasteiger partial charge in [0.25, 0.3) is 0 Å². The van der Waals surface area contributed by atoms with E-state index in [-0.39, 0.29) is 36.0 Å². The van der Waals surface area contributed by atoms with Gasteiger partial charge in [0.05, 0.1) is 25.4 Å². The van der Waals surface area contributed by atoms with Crippen LogP contribution in [0.5, 0.6) is 0 Å². The largest absolute Gasteiger partial charge is 0.394 e. The Balaban J connectivity index is 4.55. The fourth-order valence-corrected chi connectivity index (χ4v) is 2.14. The van der Waals surface area contributed by atoms with Crippen molar-refractivity contribution in [3.63, 3.8) is 0 Å². The first kappa shape index (κ1) is 18.3. The van der Waals surface area contributed by atoms with Crippen molar-refractivity contribution in [1.82, 2.24) is 0 Å². The first-order valence-electron chi connectivity index (χ1n) is 6.81. The quantitative estimate of drug-likeness (QED) is 0.474. The van der Waals surface area contributed by atoms with Crippen LogP contribution in [-0.4, -0.2) is 49.1 Å². The maximum absolute atomic E-state index is 9.49. The highest BCUT2D eigenvalue weighted by Crippen LogP contribution is 2.21. The monoisotopic (exact) mass is 275 g/mol. The van der Waals surface area contributed by atoms with Gasteiger partial charge in [-0.25, -0.2) is 0 Å². The van der Waals surface area contributed by atoms with Crippen molar-refractivity contribution in [3.8, 4) is 0 Å². The van der Waals surface area contributed by atoms with Crippen molar-refractivity contribution < 1.29 is 14.6 Å². The molecule has 0 aliphatic rings. The molecule has 0 aromatic heterocycles. The summed E-state index contributed by atoms with van der Waals surface area (Å²) < 4.78 is 11.6. The van der Waals surface area contributed by atoms with Crippen molar-refractivity contribution in [2.45, 2.75) is 64.4 Å². The number of hydrogen-bond acceptors (Lipinski definition) is 4. The molecule has 0 saturated heterocycles. The highest BCUT2D eigenvalue weighted by atomic mass is 32.1. The number of hydrogen-bond donors (Lipinski definition) is 2. The van der Waals surface area contributed by atoms with E-state index >= 15 is 0 Å². The topological polar surface area (TPSA) is 38.7 Å². The lowest BCUT2D eigenvalue weighted by atomic mass is 9.66. The maximum Gasteiger partial charge on any atom is 0.146 e. The lowest BCUT2D eigenvalue weighted by Crippen LogP contribution is -2.41. The zero-order valence-electron chi connectivity index (χ0n) is 12.3. The van der Waals surface area contributed by atoms with Gasteiger partial charge in [-0.15, -0.1) is 0 Å². The molecule has 5 heteroatoms. The Morgan fingerprint density at radius 2 is 1.89 bits per heavy atom. The molecule has 3 nitrogen and oxygen atoms in total. The van der Waals surface area contributed by atoms with Gasteiger partial charge >= 0.3 is 0 Å². The van der Waals surface area contributed by atoms with Gasteiger partial charge in [-0.3, -0.25) is 0 Å². The molecule has 0 heterocycles. The molecule has 1 unspecified atom stereocenters. The predicted octanol–water partition coefficient (Wildman–Crippen LogP) is 2.21. The molecule has 107 valence electrons. The van der Waals surface area contributed by atoms with Gasteiger partial charge < -0.3 is 14.6 Å². The third-order valence-electron chi connectivity index (χ3n) is 2.86. The van der Waals surface area contributed by atoms with Gasteiger partial charge in [0.1, 0.15) is 7.28 Å². The lowest BCUT2D eigenvalue weighted by Gasteiger charge is -2.33. The van der Waals surface area contributed by atoms with Crippen molar-refractivity contribution >= 4 is 19.9 Å². The summed E-state index contributed by atoms with van der Waals surface area (Å²) in [5, 5.41) is 9.70. The van der Waals surface area contributed by atoms with E-state index in [1.165, 1.54) is 0 Å². The van der Waals surface area contributed by atoms with Crippen LogP contribution in [0.3, 0.4) is 0 Å². The van der Waals surface area contributed by atoms with E-state index < -0.39 is 0 Å². The molecule has 18 heavy (non-hydrogen) atoms. The number of aliphatic hydroxyl groups is 1. The third kappa shape index (κ3) is 7.02. The van der Waals surface area contributed by atoms with E-state index in [1.54, 1.807) is 0 Å². The summed E-state index contributed by atoms with van der Waals surface area (Å²) >= 11 is 4.32. The summed E-state index contributed by atoms with van der Waals surface area (Å²) in [7, 11) is 2.04. The van der Waals surface area contributed by atoms with Gasteiger partial charge in [-0.1, -0.05) is 20.7 Å². The number of thiol groups is 1. The molecule has 0 aromatic rings. The molecule has 1 N–H and O–H groups in total. The molecular formula is C13H28BO3S. The molecule has 0 fully saturated rings. The Morgan fingerprint density at radius 3 is 2.22 bits per heavy atom. The van der Waals surface area contributed by atoms with Crippen LogP contribution in [0.4, 0.5) is 0 Å². The van der Waals surface area contributed by atoms with Crippen LogP contribution in [-0.2, 0) is 9.47 Å². The van der Waals surface area contributed by atoms with Crippen LogP contribution in [0.15, 0.2) is 0 Å². The zero-order chi connectivity index (χ0) is 14.1. The second kappa shape index (κ2) is 10.1. The fourth-order valence-electron chi connectivity index (χ4n) is 2.05. The van der Waals surface area contributed by atoms with Crippen molar-refractivity contribution in [2.75, 3.05) is 13.2 Å². The summed E-state index contributed by atoms with van der Waals surface area (Å²) in [6.45, 7) is 10.7. The van der Waals surface area contributed by atoms with E-state index in [2.05, 4.69) is 19.6 Å². The smallest absolute Gasteiger partial charge is 0.146 e. The van der Waals surface area contributed by atoms with Gasteiger partial charge in [-0.2, -0.15) is 12.6 Å². The maximum atomic E-state index is 9.49. The zero-order valence-corrected chi connectivity index (χ0v) is 13.2. The first-order valence-corrected chi connectivity index (χ1v) is 7.33. The number of rotatable bonds is 10. The molecule has 0 spiro atoms. The minimum absolute atomic E-state index is 0.000463. The molecule has 1 radical (unpaired) electrons. The molecule has 0 saturated carbocycles. The summed E-state index contributed by atoms with van der Waals surface area (Å²) in [5.74, 6) is 0.175. The van der Waals surface area contributed by atoms with Crippen LogP contribution in [0.2, 0.25) is 6.82 Å². The van der Waals surface area contributed by atoms with Crippen molar-refractivity contribution in [3.05, 3.63) is 0 Å². The molecule has 0 amide bonds. The second-order valence-corrected chi connectivity index (χ2v) is 5.84. The van der Waals surface area contributed by atoms with E-state index in [9.17, 15) is 5.11 Å². The Morgan fingerprint density at radius 1 is 1.28 bits per heavy atom. The van der Waals surface area contributed by atoms with E-state index in [0.717, 1.165) is 6.42 Å². The predicted molar refractivity (Wildman–Crippen MR) is 80.7 cm³/mol. The normalized spacial score (nSPS) is 18.4. The number of ether oxygens (including phenoxy) is 2.